The van der Waals surface area contributed by atoms with Crippen LogP contribution in [0.15, 0.2) is 12.3 Å². The molecule has 88 valence electrons. The maximum Gasteiger partial charge on any atom is 0.257 e. The highest BCUT2D eigenvalue weighted by molar-refractivity contribution is 5.98. The molecule has 0 aliphatic carbocycles. The van der Waals surface area contributed by atoms with E-state index >= 15 is 0 Å². The van der Waals surface area contributed by atoms with Gasteiger partial charge in [0.25, 0.3) is 5.91 Å². The third kappa shape index (κ3) is 2.48. The van der Waals surface area contributed by atoms with Crippen LogP contribution in [0.2, 0.25) is 0 Å². The van der Waals surface area contributed by atoms with Gasteiger partial charge >= 0.3 is 0 Å². The van der Waals surface area contributed by atoms with Crippen LogP contribution in [0.1, 0.15) is 31.1 Å². The fourth-order valence-electron chi connectivity index (χ4n) is 1.52. The smallest absolute Gasteiger partial charge is 0.257 e. The van der Waals surface area contributed by atoms with E-state index in [1.54, 1.807) is 4.90 Å². The van der Waals surface area contributed by atoms with E-state index in [1.807, 2.05) is 20.8 Å². The molecule has 0 aromatic carbocycles. The van der Waals surface area contributed by atoms with Crippen LogP contribution in [0.5, 0.6) is 0 Å². The van der Waals surface area contributed by atoms with Gasteiger partial charge in [-0.3, -0.25) is 4.79 Å². The summed E-state index contributed by atoms with van der Waals surface area (Å²) < 4.78 is 13.0. The Morgan fingerprint density at radius 3 is 2.75 bits per heavy atom. The topological polar surface area (TPSA) is 59.2 Å². The summed E-state index contributed by atoms with van der Waals surface area (Å²) in [6.07, 6.45) is 0.998. The van der Waals surface area contributed by atoms with Crippen LogP contribution in [-0.2, 0) is 0 Å². The van der Waals surface area contributed by atoms with E-state index in [2.05, 4.69) is 4.98 Å². The van der Waals surface area contributed by atoms with E-state index in [4.69, 9.17) is 5.73 Å². The number of amides is 1. The Morgan fingerprint density at radius 2 is 2.25 bits per heavy atom. The van der Waals surface area contributed by atoms with E-state index < -0.39 is 5.82 Å². The monoisotopic (exact) mass is 225 g/mol. The van der Waals surface area contributed by atoms with Gasteiger partial charge in [-0.2, -0.15) is 0 Å². The molecule has 0 bridgehead atoms. The molecule has 0 radical (unpaired) electrons. The number of anilines is 1. The molecule has 0 spiro atoms. The molecule has 1 aromatic heterocycles. The minimum Gasteiger partial charge on any atom is -0.383 e. The molecule has 0 aliphatic heterocycles. The molecule has 1 rings (SSSR count). The molecule has 5 heteroatoms. The molecular weight excluding hydrogens is 209 g/mol. The SMILES string of the molecule is CCN(C(=O)c1cc(F)cnc1N)C(C)C. The minimum atomic E-state index is -0.558. The average molecular weight is 225 g/mol. The zero-order valence-electron chi connectivity index (χ0n) is 9.70. The second kappa shape index (κ2) is 4.92. The molecule has 16 heavy (non-hydrogen) atoms. The molecule has 4 nitrogen and oxygen atoms in total. The van der Waals surface area contributed by atoms with E-state index in [0.717, 1.165) is 12.3 Å². The summed E-state index contributed by atoms with van der Waals surface area (Å²) >= 11 is 0. The van der Waals surface area contributed by atoms with Crippen molar-refractivity contribution in [2.75, 3.05) is 12.3 Å². The summed E-state index contributed by atoms with van der Waals surface area (Å²) in [5.41, 5.74) is 5.68. The van der Waals surface area contributed by atoms with Crippen LogP contribution in [0, 0.1) is 5.82 Å². The number of carbonyl (C=O) groups is 1. The number of halogens is 1. The lowest BCUT2D eigenvalue weighted by Crippen LogP contribution is -2.37. The maximum absolute atomic E-state index is 13.0. The zero-order chi connectivity index (χ0) is 12.3. The molecule has 0 aliphatic rings. The lowest BCUT2D eigenvalue weighted by Gasteiger charge is -2.25. The van der Waals surface area contributed by atoms with Gasteiger partial charge in [0.1, 0.15) is 11.6 Å². The van der Waals surface area contributed by atoms with Gasteiger partial charge in [0.15, 0.2) is 0 Å². The fraction of sp³-hybridized carbons (Fsp3) is 0.455. The number of nitrogen functional groups attached to an aromatic ring is 1. The summed E-state index contributed by atoms with van der Waals surface area (Å²) in [5, 5.41) is 0. The molecule has 1 heterocycles. The Bertz CT molecular complexity index is 393. The number of rotatable bonds is 3. The Balaban J connectivity index is 3.08. The van der Waals surface area contributed by atoms with Crippen molar-refractivity contribution in [1.82, 2.24) is 9.88 Å². The normalized spacial score (nSPS) is 10.6. The number of aromatic nitrogens is 1. The molecule has 2 N–H and O–H groups in total. The van der Waals surface area contributed by atoms with Crippen LogP contribution < -0.4 is 5.73 Å². The van der Waals surface area contributed by atoms with Gasteiger partial charge in [-0.1, -0.05) is 0 Å². The molecule has 1 amide bonds. The second-order valence-electron chi connectivity index (χ2n) is 3.77. The van der Waals surface area contributed by atoms with Crippen molar-refractivity contribution in [2.45, 2.75) is 26.8 Å². The number of nitrogens with zero attached hydrogens (tertiary/aromatic N) is 2. The van der Waals surface area contributed by atoms with Gasteiger partial charge in [-0.05, 0) is 26.8 Å². The number of hydrogen-bond donors (Lipinski definition) is 1. The molecule has 0 saturated heterocycles. The van der Waals surface area contributed by atoms with E-state index in [0.29, 0.717) is 6.54 Å². The summed E-state index contributed by atoms with van der Waals surface area (Å²) in [6, 6.07) is 1.16. The summed E-state index contributed by atoms with van der Waals surface area (Å²) in [7, 11) is 0. The first kappa shape index (κ1) is 12.4. The highest BCUT2D eigenvalue weighted by Crippen LogP contribution is 2.14. The highest BCUT2D eigenvalue weighted by Gasteiger charge is 2.20. The van der Waals surface area contributed by atoms with Crippen LogP contribution in [-0.4, -0.2) is 28.4 Å². The fourth-order valence-corrected chi connectivity index (χ4v) is 1.52. The van der Waals surface area contributed by atoms with Gasteiger partial charge in [-0.25, -0.2) is 9.37 Å². The quantitative estimate of drug-likeness (QED) is 0.851. The van der Waals surface area contributed by atoms with Crippen molar-refractivity contribution in [3.63, 3.8) is 0 Å². The first-order chi connectivity index (χ1) is 7.47. The molecule has 0 atom stereocenters. The van der Waals surface area contributed by atoms with Crippen molar-refractivity contribution >= 4 is 11.7 Å². The van der Waals surface area contributed by atoms with Crippen molar-refractivity contribution in [3.8, 4) is 0 Å². The van der Waals surface area contributed by atoms with Crippen LogP contribution in [0.3, 0.4) is 0 Å². The number of hydrogen-bond acceptors (Lipinski definition) is 3. The van der Waals surface area contributed by atoms with Crippen LogP contribution in [0.4, 0.5) is 10.2 Å². The van der Waals surface area contributed by atoms with Crippen molar-refractivity contribution in [2.24, 2.45) is 0 Å². The number of nitrogens with two attached hydrogens (primary N) is 1. The Labute approximate surface area is 94.3 Å². The number of carbonyl (C=O) groups excluding carboxylic acids is 1. The zero-order valence-corrected chi connectivity index (χ0v) is 9.70. The van der Waals surface area contributed by atoms with Crippen molar-refractivity contribution < 1.29 is 9.18 Å². The molecule has 1 aromatic rings. The van der Waals surface area contributed by atoms with Crippen molar-refractivity contribution in [1.29, 1.82) is 0 Å². The Kier molecular flexibility index (Phi) is 3.82. The van der Waals surface area contributed by atoms with Crippen LogP contribution in [0.25, 0.3) is 0 Å². The van der Waals surface area contributed by atoms with Gasteiger partial charge < -0.3 is 10.6 Å². The predicted octanol–water partition coefficient (Wildman–Crippen LogP) is 1.67. The Hall–Kier alpha value is -1.65. The molecule has 0 saturated carbocycles. The third-order valence-corrected chi connectivity index (χ3v) is 2.34. The maximum atomic E-state index is 13.0. The first-order valence-corrected chi connectivity index (χ1v) is 5.19. The van der Waals surface area contributed by atoms with Gasteiger partial charge in [-0.15, -0.1) is 0 Å². The third-order valence-electron chi connectivity index (χ3n) is 2.34. The first-order valence-electron chi connectivity index (χ1n) is 5.19. The highest BCUT2D eigenvalue weighted by atomic mass is 19.1. The van der Waals surface area contributed by atoms with E-state index in [-0.39, 0.29) is 23.3 Å². The van der Waals surface area contributed by atoms with Gasteiger partial charge in [0.2, 0.25) is 0 Å². The minimum absolute atomic E-state index is 0.0418. The van der Waals surface area contributed by atoms with E-state index in [9.17, 15) is 9.18 Å². The largest absolute Gasteiger partial charge is 0.383 e. The predicted molar refractivity (Wildman–Crippen MR) is 60.5 cm³/mol. The van der Waals surface area contributed by atoms with Gasteiger partial charge in [0.05, 0.1) is 11.8 Å². The average Bonchev–Trinajstić information content (AvgIpc) is 2.22. The van der Waals surface area contributed by atoms with E-state index in [1.165, 1.54) is 0 Å². The molecule has 0 fully saturated rings. The van der Waals surface area contributed by atoms with Crippen LogP contribution >= 0.6 is 0 Å². The second-order valence-corrected chi connectivity index (χ2v) is 3.77. The summed E-state index contributed by atoms with van der Waals surface area (Å²) in [5.74, 6) is -0.787. The summed E-state index contributed by atoms with van der Waals surface area (Å²) in [4.78, 5) is 17.3. The lowest BCUT2D eigenvalue weighted by atomic mass is 10.2. The molecular formula is C11H16FN3O. The van der Waals surface area contributed by atoms with Crippen molar-refractivity contribution in [3.05, 3.63) is 23.6 Å². The standard InChI is InChI=1S/C11H16FN3O/c1-4-15(7(2)3)11(16)9-5-8(12)6-14-10(9)13/h5-7H,4H2,1-3H3,(H2,13,14). The number of pyridine rings is 1. The summed E-state index contributed by atoms with van der Waals surface area (Å²) in [6.45, 7) is 6.20. The van der Waals surface area contributed by atoms with Gasteiger partial charge in [0, 0.05) is 12.6 Å². The Morgan fingerprint density at radius 1 is 1.62 bits per heavy atom. The lowest BCUT2D eigenvalue weighted by molar-refractivity contribution is 0.0717. The molecule has 0 unspecified atom stereocenters.